The molecule has 0 bridgehead atoms. The quantitative estimate of drug-likeness (QED) is 0.252. The highest BCUT2D eigenvalue weighted by Crippen LogP contribution is 2.61. The van der Waals surface area contributed by atoms with Crippen molar-refractivity contribution in [3.05, 3.63) is 120 Å². The van der Waals surface area contributed by atoms with E-state index in [1.165, 1.54) is 10.8 Å². The van der Waals surface area contributed by atoms with E-state index in [-0.39, 0.29) is 42.3 Å². The van der Waals surface area contributed by atoms with Crippen molar-refractivity contribution in [3.8, 4) is 5.75 Å². The number of benzene rings is 4. The number of methoxy groups -OCH3 is 1. The molecular weight excluding hydrogens is 605 g/mol. The number of carbonyl (C=O) groups is 2. The van der Waals surface area contributed by atoms with E-state index in [1.807, 2.05) is 83.8 Å². The SMILES string of the molecule is COc1ccc([Si](C)(C)[C@H]2[C@H](CC(=O)N3Cc4ccccc4C[C@H]3CO)O[C@@]3(C(=O)N(c4ccccc4)c4ccccc43)[C@@H]2C)cc1. The van der Waals surface area contributed by atoms with Gasteiger partial charge in [0.15, 0.2) is 5.60 Å². The van der Waals surface area contributed by atoms with Crippen LogP contribution >= 0.6 is 0 Å². The highest BCUT2D eigenvalue weighted by molar-refractivity contribution is 6.91. The largest absolute Gasteiger partial charge is 0.497 e. The molecular formula is C39H42N2O5Si. The average molecular weight is 647 g/mol. The summed E-state index contributed by atoms with van der Waals surface area (Å²) >= 11 is 0. The van der Waals surface area contributed by atoms with Crippen LogP contribution in [0.2, 0.25) is 18.6 Å². The molecule has 1 N–H and O–H groups in total. The zero-order valence-electron chi connectivity index (χ0n) is 27.4. The molecule has 0 aromatic heterocycles. The number of ether oxygens (including phenoxy) is 2. The molecule has 0 aliphatic carbocycles. The van der Waals surface area contributed by atoms with Crippen molar-refractivity contribution in [2.24, 2.45) is 5.92 Å². The molecule has 3 heterocycles. The van der Waals surface area contributed by atoms with Crippen LogP contribution in [0.25, 0.3) is 0 Å². The maximum absolute atomic E-state index is 14.9. The number of rotatable bonds is 7. The van der Waals surface area contributed by atoms with Gasteiger partial charge < -0.3 is 19.5 Å². The van der Waals surface area contributed by atoms with E-state index in [2.05, 4.69) is 44.3 Å². The molecule has 0 radical (unpaired) electrons. The highest BCUT2D eigenvalue weighted by Gasteiger charge is 2.66. The number of hydrogen-bond acceptors (Lipinski definition) is 5. The van der Waals surface area contributed by atoms with E-state index in [9.17, 15) is 14.7 Å². The summed E-state index contributed by atoms with van der Waals surface area (Å²) in [4.78, 5) is 32.9. The minimum Gasteiger partial charge on any atom is -0.497 e. The number of nitrogens with zero attached hydrogens (tertiary/aromatic N) is 2. The first-order chi connectivity index (χ1) is 22.7. The molecule has 5 atom stereocenters. The predicted molar refractivity (Wildman–Crippen MR) is 186 cm³/mol. The van der Waals surface area contributed by atoms with Gasteiger partial charge in [-0.1, -0.05) is 98.0 Å². The van der Waals surface area contributed by atoms with Crippen LogP contribution in [0.5, 0.6) is 5.75 Å². The smallest absolute Gasteiger partial charge is 0.268 e. The van der Waals surface area contributed by atoms with Gasteiger partial charge in [-0.05, 0) is 53.4 Å². The molecule has 4 aromatic rings. The zero-order chi connectivity index (χ0) is 32.9. The van der Waals surface area contributed by atoms with Crippen molar-refractivity contribution in [2.75, 3.05) is 18.6 Å². The summed E-state index contributed by atoms with van der Waals surface area (Å²) in [7, 11) is -0.762. The first kappa shape index (κ1) is 31.4. The van der Waals surface area contributed by atoms with E-state index in [1.54, 1.807) is 12.0 Å². The van der Waals surface area contributed by atoms with Crippen LogP contribution in [-0.2, 0) is 32.9 Å². The van der Waals surface area contributed by atoms with E-state index in [4.69, 9.17) is 9.47 Å². The van der Waals surface area contributed by atoms with E-state index < -0.39 is 19.8 Å². The molecule has 7 rings (SSSR count). The Morgan fingerprint density at radius 1 is 0.936 bits per heavy atom. The van der Waals surface area contributed by atoms with Crippen molar-refractivity contribution < 1.29 is 24.2 Å². The topological polar surface area (TPSA) is 79.3 Å². The molecule has 47 heavy (non-hydrogen) atoms. The monoisotopic (exact) mass is 646 g/mol. The standard InChI is InChI=1S/C39H42N2O5Si/c1-26-37(47(3,4)32-20-18-31(45-2)19-21-32)35(23-36(43)40-24-28-13-9-8-12-27(28)22-30(40)25-42)46-39(26)33-16-10-11-17-34(33)41(38(39)44)29-14-6-5-7-15-29/h5-21,26,30,35,37,42H,22-25H2,1-4H3/t26-,30+,35+,37-,39+/m1/s1. The van der Waals surface area contributed by atoms with Gasteiger partial charge in [-0.2, -0.15) is 0 Å². The maximum atomic E-state index is 14.9. The minimum atomic E-state index is -2.42. The lowest BCUT2D eigenvalue weighted by molar-refractivity contribution is -0.150. The number of carbonyl (C=O) groups excluding carboxylic acids is 2. The fourth-order valence-electron chi connectivity index (χ4n) is 8.56. The Balaban J connectivity index is 1.31. The number of hydrogen-bond donors (Lipinski definition) is 1. The Hall–Kier alpha value is -4.24. The van der Waals surface area contributed by atoms with Crippen molar-refractivity contribution in [1.29, 1.82) is 0 Å². The number of anilines is 2. The summed E-state index contributed by atoms with van der Waals surface area (Å²) in [5, 5.41) is 11.6. The van der Waals surface area contributed by atoms with Crippen LogP contribution in [0.4, 0.5) is 11.4 Å². The third-order valence-electron chi connectivity index (χ3n) is 10.9. The predicted octanol–water partition coefficient (Wildman–Crippen LogP) is 5.93. The maximum Gasteiger partial charge on any atom is 0.268 e. The van der Waals surface area contributed by atoms with Gasteiger partial charge in [0.25, 0.3) is 5.91 Å². The van der Waals surface area contributed by atoms with Gasteiger partial charge in [0.05, 0.1) is 46.0 Å². The van der Waals surface area contributed by atoms with Gasteiger partial charge in [0.2, 0.25) is 5.91 Å². The van der Waals surface area contributed by atoms with Gasteiger partial charge in [-0.3, -0.25) is 14.5 Å². The van der Waals surface area contributed by atoms with Crippen LogP contribution in [0.3, 0.4) is 0 Å². The fourth-order valence-corrected chi connectivity index (χ4v) is 12.6. The lowest BCUT2D eigenvalue weighted by Gasteiger charge is -2.39. The van der Waals surface area contributed by atoms with Gasteiger partial charge in [-0.15, -0.1) is 0 Å². The van der Waals surface area contributed by atoms with Crippen molar-refractivity contribution in [1.82, 2.24) is 4.90 Å². The van der Waals surface area contributed by atoms with Gasteiger partial charge in [0.1, 0.15) is 5.75 Å². The summed E-state index contributed by atoms with van der Waals surface area (Å²) < 4.78 is 12.7. The molecule has 1 fully saturated rings. The molecule has 1 saturated heterocycles. The lowest BCUT2D eigenvalue weighted by atomic mass is 9.82. The Bertz CT molecular complexity index is 1790. The highest BCUT2D eigenvalue weighted by atomic mass is 28.3. The Morgan fingerprint density at radius 3 is 2.30 bits per heavy atom. The van der Waals surface area contributed by atoms with Gasteiger partial charge >= 0.3 is 0 Å². The molecule has 4 aromatic carbocycles. The molecule has 7 nitrogen and oxygen atoms in total. The summed E-state index contributed by atoms with van der Waals surface area (Å²) in [5.41, 5.74) is 3.41. The minimum absolute atomic E-state index is 0.0593. The molecule has 242 valence electrons. The molecule has 8 heteroatoms. The second-order valence-electron chi connectivity index (χ2n) is 13.7. The number of aliphatic hydroxyl groups excluding tert-OH is 1. The number of fused-ring (bicyclic) bond motifs is 3. The number of amides is 2. The van der Waals surface area contributed by atoms with Crippen molar-refractivity contribution in [3.63, 3.8) is 0 Å². The van der Waals surface area contributed by atoms with Crippen molar-refractivity contribution >= 4 is 36.4 Å². The number of aliphatic hydroxyl groups is 1. The third kappa shape index (κ3) is 5.01. The fraction of sp³-hybridized carbons (Fsp3) is 0.333. The molecule has 3 aliphatic rings. The van der Waals surface area contributed by atoms with E-state index >= 15 is 0 Å². The molecule has 0 saturated carbocycles. The lowest BCUT2D eigenvalue weighted by Crippen LogP contribution is -2.52. The molecule has 3 aliphatic heterocycles. The summed E-state index contributed by atoms with van der Waals surface area (Å²) in [6.45, 7) is 7.12. The molecule has 1 spiro atoms. The first-order valence-corrected chi connectivity index (χ1v) is 19.6. The van der Waals surface area contributed by atoms with E-state index in [0.29, 0.717) is 13.0 Å². The van der Waals surface area contributed by atoms with Crippen molar-refractivity contribution in [2.45, 2.75) is 62.7 Å². The first-order valence-electron chi connectivity index (χ1n) is 16.5. The zero-order valence-corrected chi connectivity index (χ0v) is 28.4. The van der Waals surface area contributed by atoms with Crippen LogP contribution in [0, 0.1) is 5.92 Å². The second kappa shape index (κ2) is 12.1. The van der Waals surface area contributed by atoms with E-state index in [0.717, 1.165) is 28.3 Å². The Kier molecular flexibility index (Phi) is 8.06. The number of para-hydroxylation sites is 2. The van der Waals surface area contributed by atoms with Gasteiger partial charge in [0, 0.05) is 23.7 Å². The summed E-state index contributed by atoms with van der Waals surface area (Å²) in [5.74, 6) is 0.395. The Labute approximate surface area is 277 Å². The Morgan fingerprint density at radius 2 is 1.60 bits per heavy atom. The van der Waals surface area contributed by atoms with Crippen LogP contribution in [0.15, 0.2) is 103 Å². The second-order valence-corrected chi connectivity index (χ2v) is 18.4. The molecule has 0 unspecified atom stereocenters. The van der Waals surface area contributed by atoms with Gasteiger partial charge in [-0.25, -0.2) is 0 Å². The third-order valence-corrected chi connectivity index (χ3v) is 15.3. The van der Waals surface area contributed by atoms with Crippen LogP contribution in [0.1, 0.15) is 30.0 Å². The summed E-state index contributed by atoms with van der Waals surface area (Å²) in [6, 6.07) is 33.7. The van der Waals surface area contributed by atoms with Crippen LogP contribution in [-0.4, -0.2) is 55.8 Å². The average Bonchev–Trinajstić information content (AvgIpc) is 3.54. The van der Waals surface area contributed by atoms with Crippen LogP contribution < -0.4 is 14.8 Å². The molecule has 2 amide bonds. The summed E-state index contributed by atoms with van der Waals surface area (Å²) in [6.07, 6.45) is 0.228. The normalized spacial score (nSPS) is 25.2.